The van der Waals surface area contributed by atoms with Crippen molar-refractivity contribution in [1.29, 1.82) is 0 Å². The zero-order chi connectivity index (χ0) is 19.8. The lowest BCUT2D eigenvalue weighted by molar-refractivity contribution is -0.121. The average Bonchev–Trinajstić information content (AvgIpc) is 2.74. The number of benzene rings is 1. The Morgan fingerprint density at radius 2 is 1.93 bits per heavy atom. The van der Waals surface area contributed by atoms with Crippen molar-refractivity contribution in [3.05, 3.63) is 58.8 Å². The lowest BCUT2D eigenvalue weighted by atomic mass is 9.89. The van der Waals surface area contributed by atoms with Gasteiger partial charge in [-0.2, -0.15) is 0 Å². The molecule has 1 aromatic heterocycles. The third-order valence-corrected chi connectivity index (χ3v) is 5.02. The van der Waals surface area contributed by atoms with Crippen LogP contribution in [0.25, 0.3) is 0 Å². The molecule has 0 radical (unpaired) electrons. The maximum Gasteiger partial charge on any atom is 0.220 e. The van der Waals surface area contributed by atoms with Crippen LogP contribution in [-0.4, -0.2) is 23.3 Å². The van der Waals surface area contributed by atoms with E-state index in [1.165, 1.54) is 24.0 Å². The molecule has 1 aliphatic carbocycles. The average molecular weight is 380 g/mol. The van der Waals surface area contributed by atoms with Crippen LogP contribution in [-0.2, 0) is 24.2 Å². The number of aryl methyl sites for hydroxylation is 2. The molecule has 0 saturated carbocycles. The molecule has 0 unspecified atom stereocenters. The molecule has 0 saturated heterocycles. The summed E-state index contributed by atoms with van der Waals surface area (Å²) in [7, 11) is 0. The topological polar surface area (TPSA) is 68.3 Å². The summed E-state index contributed by atoms with van der Waals surface area (Å²) in [5, 5.41) is 2.86. The van der Waals surface area contributed by atoms with Crippen molar-refractivity contribution in [1.82, 2.24) is 10.3 Å². The molecule has 5 heteroatoms. The van der Waals surface area contributed by atoms with E-state index in [9.17, 15) is 9.59 Å². The van der Waals surface area contributed by atoms with Crippen molar-refractivity contribution < 1.29 is 14.3 Å². The minimum atomic E-state index is -0.142. The van der Waals surface area contributed by atoms with Gasteiger partial charge in [-0.3, -0.25) is 9.59 Å². The standard InChI is InChI=1S/C23H28N2O3/c1-2-14-28-23-20(8-5-13-24-23)16-25-22(27)12-11-21(26)19-10-9-17-6-3-4-7-18(17)15-19/h5,8-10,13,15H,2-4,6-7,11-12,14,16H2,1H3,(H,25,27). The van der Waals surface area contributed by atoms with E-state index in [4.69, 9.17) is 4.74 Å². The van der Waals surface area contributed by atoms with Crippen LogP contribution in [0.15, 0.2) is 36.5 Å². The summed E-state index contributed by atoms with van der Waals surface area (Å²) in [6.45, 7) is 2.97. The lowest BCUT2D eigenvalue weighted by Crippen LogP contribution is -2.23. The second-order valence-corrected chi connectivity index (χ2v) is 7.21. The number of nitrogens with one attached hydrogen (secondary N) is 1. The first-order valence-corrected chi connectivity index (χ1v) is 10.2. The van der Waals surface area contributed by atoms with E-state index in [-0.39, 0.29) is 24.5 Å². The van der Waals surface area contributed by atoms with Gasteiger partial charge in [-0.1, -0.05) is 25.1 Å². The molecule has 1 aliphatic rings. The normalized spacial score (nSPS) is 12.9. The van der Waals surface area contributed by atoms with Gasteiger partial charge in [-0.15, -0.1) is 0 Å². The van der Waals surface area contributed by atoms with Crippen LogP contribution < -0.4 is 10.1 Å². The van der Waals surface area contributed by atoms with Gasteiger partial charge in [0, 0.05) is 36.7 Å². The van der Waals surface area contributed by atoms with Crippen LogP contribution in [0.4, 0.5) is 0 Å². The maximum atomic E-state index is 12.5. The van der Waals surface area contributed by atoms with E-state index >= 15 is 0 Å². The Bertz CT molecular complexity index is 832. The lowest BCUT2D eigenvalue weighted by Gasteiger charge is -2.16. The monoisotopic (exact) mass is 380 g/mol. The number of aromatic nitrogens is 1. The summed E-state index contributed by atoms with van der Waals surface area (Å²) in [4.78, 5) is 28.9. The molecule has 2 aromatic rings. The maximum absolute atomic E-state index is 12.5. The summed E-state index contributed by atoms with van der Waals surface area (Å²) >= 11 is 0. The number of fused-ring (bicyclic) bond motifs is 1. The molecule has 0 bridgehead atoms. The van der Waals surface area contributed by atoms with Gasteiger partial charge in [-0.05, 0) is 55.4 Å². The largest absolute Gasteiger partial charge is 0.477 e. The number of ketones is 1. The predicted molar refractivity (Wildman–Crippen MR) is 109 cm³/mol. The number of hydrogen-bond donors (Lipinski definition) is 1. The first kappa shape index (κ1) is 20.1. The van der Waals surface area contributed by atoms with Gasteiger partial charge >= 0.3 is 0 Å². The molecule has 1 N–H and O–H groups in total. The Hall–Kier alpha value is -2.69. The zero-order valence-corrected chi connectivity index (χ0v) is 16.5. The fourth-order valence-electron chi connectivity index (χ4n) is 3.45. The second kappa shape index (κ2) is 10.0. The number of carbonyl (C=O) groups is 2. The SMILES string of the molecule is CCCOc1ncccc1CNC(=O)CCC(=O)c1ccc2c(c1)CCCC2. The number of rotatable bonds is 9. The van der Waals surface area contributed by atoms with Crippen LogP contribution >= 0.6 is 0 Å². The number of ether oxygens (including phenoxy) is 1. The first-order chi connectivity index (χ1) is 13.7. The third kappa shape index (κ3) is 5.41. The molecule has 5 nitrogen and oxygen atoms in total. The smallest absolute Gasteiger partial charge is 0.220 e. The van der Waals surface area contributed by atoms with Crippen molar-refractivity contribution in [2.24, 2.45) is 0 Å². The Labute approximate surface area is 166 Å². The quantitative estimate of drug-likeness (QED) is 0.667. The molecule has 0 atom stereocenters. The Balaban J connectivity index is 1.49. The van der Waals surface area contributed by atoms with Gasteiger partial charge in [0.1, 0.15) is 0 Å². The van der Waals surface area contributed by atoms with Crippen LogP contribution in [0.1, 0.15) is 66.1 Å². The molecule has 0 spiro atoms. The van der Waals surface area contributed by atoms with E-state index in [0.717, 1.165) is 30.4 Å². The Morgan fingerprint density at radius 3 is 2.75 bits per heavy atom. The Morgan fingerprint density at radius 1 is 1.11 bits per heavy atom. The number of amides is 1. The third-order valence-electron chi connectivity index (χ3n) is 5.02. The van der Waals surface area contributed by atoms with E-state index in [2.05, 4.69) is 16.4 Å². The summed E-state index contributed by atoms with van der Waals surface area (Å²) < 4.78 is 5.60. The van der Waals surface area contributed by atoms with Gasteiger partial charge < -0.3 is 10.1 Å². The van der Waals surface area contributed by atoms with Crippen molar-refractivity contribution in [2.45, 2.75) is 58.4 Å². The van der Waals surface area contributed by atoms with Crippen molar-refractivity contribution in [3.63, 3.8) is 0 Å². The minimum absolute atomic E-state index is 0.0249. The molecule has 28 heavy (non-hydrogen) atoms. The molecule has 0 aliphatic heterocycles. The van der Waals surface area contributed by atoms with Gasteiger partial charge in [0.25, 0.3) is 0 Å². The highest BCUT2D eigenvalue weighted by Crippen LogP contribution is 2.23. The fourth-order valence-corrected chi connectivity index (χ4v) is 3.45. The fraction of sp³-hybridized carbons (Fsp3) is 0.435. The molecular formula is C23H28N2O3. The Kier molecular flexibility index (Phi) is 7.18. The number of carbonyl (C=O) groups excluding carboxylic acids is 2. The number of nitrogens with zero attached hydrogens (tertiary/aromatic N) is 1. The van der Waals surface area contributed by atoms with Crippen molar-refractivity contribution in [3.8, 4) is 5.88 Å². The van der Waals surface area contributed by atoms with Crippen molar-refractivity contribution >= 4 is 11.7 Å². The van der Waals surface area contributed by atoms with E-state index in [0.29, 0.717) is 19.0 Å². The molecule has 1 heterocycles. The van der Waals surface area contributed by atoms with E-state index < -0.39 is 0 Å². The van der Waals surface area contributed by atoms with Gasteiger partial charge in [-0.25, -0.2) is 4.98 Å². The number of hydrogen-bond acceptors (Lipinski definition) is 4. The van der Waals surface area contributed by atoms with Gasteiger partial charge in [0.05, 0.1) is 6.61 Å². The summed E-state index contributed by atoms with van der Waals surface area (Å²) in [5.74, 6) is 0.434. The number of Topliss-reactive ketones (excluding diaryl/α,β-unsaturated/α-hetero) is 1. The van der Waals surface area contributed by atoms with Crippen LogP contribution in [0.5, 0.6) is 5.88 Å². The van der Waals surface area contributed by atoms with Crippen molar-refractivity contribution in [2.75, 3.05) is 6.61 Å². The van der Waals surface area contributed by atoms with Gasteiger partial charge in [0.2, 0.25) is 11.8 Å². The van der Waals surface area contributed by atoms with Crippen LogP contribution in [0, 0.1) is 0 Å². The highest BCUT2D eigenvalue weighted by Gasteiger charge is 2.14. The second-order valence-electron chi connectivity index (χ2n) is 7.21. The predicted octanol–water partition coefficient (Wildman–Crippen LogP) is 4.03. The van der Waals surface area contributed by atoms with Crippen LogP contribution in [0.2, 0.25) is 0 Å². The van der Waals surface area contributed by atoms with Crippen LogP contribution in [0.3, 0.4) is 0 Å². The zero-order valence-electron chi connectivity index (χ0n) is 16.5. The molecule has 0 fully saturated rings. The van der Waals surface area contributed by atoms with Gasteiger partial charge in [0.15, 0.2) is 5.78 Å². The molecular weight excluding hydrogens is 352 g/mol. The van der Waals surface area contributed by atoms with E-state index in [1.807, 2.05) is 31.2 Å². The highest BCUT2D eigenvalue weighted by molar-refractivity contribution is 5.98. The summed E-state index contributed by atoms with van der Waals surface area (Å²) in [6, 6.07) is 9.69. The minimum Gasteiger partial charge on any atom is -0.477 e. The molecule has 148 valence electrons. The summed E-state index contributed by atoms with van der Waals surface area (Å²) in [5.41, 5.74) is 4.21. The molecule has 1 aromatic carbocycles. The first-order valence-electron chi connectivity index (χ1n) is 10.2. The van der Waals surface area contributed by atoms with E-state index in [1.54, 1.807) is 6.20 Å². The number of pyridine rings is 1. The molecule has 3 rings (SSSR count). The highest BCUT2D eigenvalue weighted by atomic mass is 16.5. The summed E-state index contributed by atoms with van der Waals surface area (Å²) in [6.07, 6.45) is 7.53. The molecule has 1 amide bonds.